The van der Waals surface area contributed by atoms with Crippen LogP contribution in [0, 0.1) is 5.92 Å². The van der Waals surface area contributed by atoms with Crippen LogP contribution in [0.3, 0.4) is 0 Å². The lowest BCUT2D eigenvalue weighted by molar-refractivity contribution is -0.137. The Labute approximate surface area is 138 Å². The molecule has 6 heteroatoms. The summed E-state index contributed by atoms with van der Waals surface area (Å²) in [7, 11) is 0. The summed E-state index contributed by atoms with van der Waals surface area (Å²) in [4.78, 5) is 26.0. The number of ether oxygens (including phenoxy) is 1. The number of hydrogen-bond acceptors (Lipinski definition) is 3. The highest BCUT2D eigenvalue weighted by atomic mass is 35.5. The van der Waals surface area contributed by atoms with E-state index in [9.17, 15) is 9.59 Å². The fourth-order valence-electron chi connectivity index (χ4n) is 2.77. The molecule has 1 aromatic carbocycles. The summed E-state index contributed by atoms with van der Waals surface area (Å²) in [6.07, 6.45) is 3.08. The lowest BCUT2D eigenvalue weighted by Crippen LogP contribution is -2.37. The van der Waals surface area contributed by atoms with Crippen LogP contribution in [0.25, 0.3) is 5.57 Å². The van der Waals surface area contributed by atoms with Crippen molar-refractivity contribution >= 4 is 40.6 Å². The monoisotopic (exact) mass is 339 g/mol. The molecule has 22 heavy (non-hydrogen) atoms. The molecular formula is C16H15Cl2NO3. The molecule has 0 saturated carbocycles. The second kappa shape index (κ2) is 6.41. The Morgan fingerprint density at radius 2 is 1.91 bits per heavy atom. The highest BCUT2D eigenvalue weighted by molar-refractivity contribution is 6.45. The fraction of sp³-hybridized carbons (Fsp3) is 0.375. The Morgan fingerprint density at radius 1 is 1.18 bits per heavy atom. The molecule has 0 atom stereocenters. The van der Waals surface area contributed by atoms with Gasteiger partial charge in [0.2, 0.25) is 0 Å². The van der Waals surface area contributed by atoms with Crippen LogP contribution in [0.4, 0.5) is 0 Å². The van der Waals surface area contributed by atoms with E-state index in [0.29, 0.717) is 46.9 Å². The number of rotatable bonds is 3. The van der Waals surface area contributed by atoms with E-state index < -0.39 is 0 Å². The van der Waals surface area contributed by atoms with Crippen LogP contribution in [0.1, 0.15) is 18.4 Å². The molecule has 0 aliphatic carbocycles. The van der Waals surface area contributed by atoms with Gasteiger partial charge in [-0.3, -0.25) is 14.5 Å². The molecule has 0 N–H and O–H groups in total. The molecule has 4 nitrogen and oxygen atoms in total. The van der Waals surface area contributed by atoms with E-state index in [2.05, 4.69) is 0 Å². The molecule has 1 fully saturated rings. The van der Waals surface area contributed by atoms with E-state index in [1.54, 1.807) is 18.2 Å². The van der Waals surface area contributed by atoms with Crippen LogP contribution in [0.15, 0.2) is 24.3 Å². The maximum absolute atomic E-state index is 12.6. The van der Waals surface area contributed by atoms with Crippen LogP contribution < -0.4 is 0 Å². The summed E-state index contributed by atoms with van der Waals surface area (Å²) in [6.45, 7) is 1.79. The van der Waals surface area contributed by atoms with Crippen molar-refractivity contribution < 1.29 is 14.3 Å². The normalized spacial score (nSPS) is 19.7. The molecule has 2 amide bonds. The van der Waals surface area contributed by atoms with Gasteiger partial charge in [0.05, 0.1) is 15.6 Å². The zero-order chi connectivity index (χ0) is 15.7. The summed E-state index contributed by atoms with van der Waals surface area (Å²) in [5.74, 6) is -0.299. The Bertz CT molecular complexity index is 651. The molecule has 0 aromatic heterocycles. The number of halogens is 2. The third-order valence-electron chi connectivity index (χ3n) is 4.03. The first-order valence-electron chi connectivity index (χ1n) is 7.17. The number of imide groups is 1. The van der Waals surface area contributed by atoms with Gasteiger partial charge in [0.15, 0.2) is 0 Å². The van der Waals surface area contributed by atoms with E-state index in [-0.39, 0.29) is 11.8 Å². The largest absolute Gasteiger partial charge is 0.381 e. The van der Waals surface area contributed by atoms with Crippen molar-refractivity contribution in [3.8, 4) is 0 Å². The van der Waals surface area contributed by atoms with Gasteiger partial charge in [0, 0.05) is 31.4 Å². The van der Waals surface area contributed by atoms with E-state index in [0.717, 1.165) is 12.8 Å². The lowest BCUT2D eigenvalue weighted by atomic mass is 9.99. The van der Waals surface area contributed by atoms with Crippen molar-refractivity contribution in [2.45, 2.75) is 12.8 Å². The van der Waals surface area contributed by atoms with Crippen molar-refractivity contribution in [3.05, 3.63) is 39.9 Å². The van der Waals surface area contributed by atoms with Crippen molar-refractivity contribution in [1.29, 1.82) is 0 Å². The topological polar surface area (TPSA) is 46.6 Å². The van der Waals surface area contributed by atoms with E-state index >= 15 is 0 Å². The van der Waals surface area contributed by atoms with Crippen LogP contribution in [-0.2, 0) is 14.3 Å². The first kappa shape index (κ1) is 15.5. The lowest BCUT2D eigenvalue weighted by Gasteiger charge is -2.26. The molecule has 2 aliphatic heterocycles. The average molecular weight is 340 g/mol. The number of carbonyl (C=O) groups is 2. The number of benzene rings is 1. The zero-order valence-corrected chi connectivity index (χ0v) is 13.4. The van der Waals surface area contributed by atoms with Crippen molar-refractivity contribution in [3.63, 3.8) is 0 Å². The standard InChI is InChI=1S/C16H15Cl2NO3/c17-13-3-1-2-11(15(13)18)12-8-14(20)19(16(12)21)9-10-4-6-22-7-5-10/h1-3,8,10H,4-7,9H2. The molecule has 0 radical (unpaired) electrons. The van der Waals surface area contributed by atoms with Gasteiger partial charge in [0.25, 0.3) is 11.8 Å². The summed E-state index contributed by atoms with van der Waals surface area (Å²) in [5, 5.41) is 0.660. The summed E-state index contributed by atoms with van der Waals surface area (Å²) in [6, 6.07) is 5.06. The molecule has 0 unspecified atom stereocenters. The van der Waals surface area contributed by atoms with Gasteiger partial charge in [-0.25, -0.2) is 0 Å². The second-order valence-corrected chi connectivity index (χ2v) is 6.25. The van der Waals surface area contributed by atoms with Gasteiger partial charge in [0.1, 0.15) is 0 Å². The average Bonchev–Trinajstić information content (AvgIpc) is 2.79. The van der Waals surface area contributed by atoms with Crippen LogP contribution >= 0.6 is 23.2 Å². The summed E-state index contributed by atoms with van der Waals surface area (Å²) >= 11 is 12.1. The highest BCUT2D eigenvalue weighted by Gasteiger charge is 2.34. The van der Waals surface area contributed by atoms with E-state index in [1.807, 2.05) is 0 Å². The first-order chi connectivity index (χ1) is 10.6. The molecule has 1 saturated heterocycles. The SMILES string of the molecule is O=C1C=C(c2cccc(Cl)c2Cl)C(=O)N1CC1CCOCC1. The molecule has 0 bridgehead atoms. The fourth-order valence-corrected chi connectivity index (χ4v) is 3.18. The molecule has 116 valence electrons. The quantitative estimate of drug-likeness (QED) is 0.794. The third kappa shape index (κ3) is 2.91. The number of nitrogens with zero attached hydrogens (tertiary/aromatic N) is 1. The van der Waals surface area contributed by atoms with Gasteiger partial charge in [-0.15, -0.1) is 0 Å². The van der Waals surface area contributed by atoms with Gasteiger partial charge in [-0.2, -0.15) is 0 Å². The Kier molecular flexibility index (Phi) is 4.52. The van der Waals surface area contributed by atoms with Gasteiger partial charge in [-0.05, 0) is 24.8 Å². The van der Waals surface area contributed by atoms with Gasteiger partial charge in [-0.1, -0.05) is 35.3 Å². The van der Waals surface area contributed by atoms with Gasteiger partial charge < -0.3 is 4.74 Å². The molecule has 0 spiro atoms. The van der Waals surface area contributed by atoms with Crippen molar-refractivity contribution in [2.24, 2.45) is 5.92 Å². The van der Waals surface area contributed by atoms with E-state index in [1.165, 1.54) is 11.0 Å². The van der Waals surface area contributed by atoms with Crippen molar-refractivity contribution in [1.82, 2.24) is 4.90 Å². The predicted octanol–water partition coefficient (Wildman–Crippen LogP) is 3.17. The van der Waals surface area contributed by atoms with Crippen LogP contribution in [0.5, 0.6) is 0 Å². The maximum atomic E-state index is 12.6. The van der Waals surface area contributed by atoms with Crippen LogP contribution in [0.2, 0.25) is 10.0 Å². The minimum Gasteiger partial charge on any atom is -0.381 e. The Balaban J connectivity index is 1.80. The maximum Gasteiger partial charge on any atom is 0.261 e. The second-order valence-electron chi connectivity index (χ2n) is 5.47. The first-order valence-corrected chi connectivity index (χ1v) is 7.93. The summed E-state index contributed by atoms with van der Waals surface area (Å²) < 4.78 is 5.30. The van der Waals surface area contributed by atoms with Gasteiger partial charge >= 0.3 is 0 Å². The third-order valence-corrected chi connectivity index (χ3v) is 4.85. The zero-order valence-electron chi connectivity index (χ0n) is 11.9. The minimum absolute atomic E-state index is 0.289. The Hall–Kier alpha value is -1.36. The predicted molar refractivity (Wildman–Crippen MR) is 84.7 cm³/mol. The van der Waals surface area contributed by atoms with E-state index in [4.69, 9.17) is 27.9 Å². The molecular weight excluding hydrogens is 325 g/mol. The van der Waals surface area contributed by atoms with Crippen molar-refractivity contribution in [2.75, 3.05) is 19.8 Å². The molecule has 2 heterocycles. The smallest absolute Gasteiger partial charge is 0.261 e. The highest BCUT2D eigenvalue weighted by Crippen LogP contribution is 2.34. The molecule has 2 aliphatic rings. The Morgan fingerprint density at radius 3 is 2.64 bits per heavy atom. The molecule has 1 aromatic rings. The number of amides is 2. The minimum atomic E-state index is -0.305. The summed E-state index contributed by atoms with van der Waals surface area (Å²) in [5.41, 5.74) is 0.812. The number of hydrogen-bond donors (Lipinski definition) is 0. The van der Waals surface area contributed by atoms with Crippen LogP contribution in [-0.4, -0.2) is 36.5 Å². The molecule has 3 rings (SSSR count). The number of carbonyl (C=O) groups excluding carboxylic acids is 2.